The van der Waals surface area contributed by atoms with Gasteiger partial charge in [-0.3, -0.25) is 5.32 Å². The first kappa shape index (κ1) is 14.0. The number of unbranched alkanes of at least 4 members (excludes halogenated alkanes) is 5. The van der Waals surface area contributed by atoms with Crippen molar-refractivity contribution in [2.75, 3.05) is 11.9 Å². The third-order valence-electron chi connectivity index (χ3n) is 2.48. The standard InChI is InChI=1S/C13H21NO2S/c1-2-3-4-5-6-7-10-16-13(15)14-12-9-8-11-17-12/h8-9,11H,2-7,10H2,1H3,(H,14,15). The molecule has 17 heavy (non-hydrogen) atoms. The SMILES string of the molecule is CCCCCCCCOC(=O)Nc1cccs1. The maximum absolute atomic E-state index is 11.3. The van der Waals surface area contributed by atoms with E-state index in [-0.39, 0.29) is 6.09 Å². The molecular weight excluding hydrogens is 234 g/mol. The van der Waals surface area contributed by atoms with Gasteiger partial charge < -0.3 is 4.74 Å². The van der Waals surface area contributed by atoms with Crippen LogP contribution < -0.4 is 5.32 Å². The number of hydrogen-bond acceptors (Lipinski definition) is 3. The van der Waals surface area contributed by atoms with Crippen LogP contribution in [0.25, 0.3) is 0 Å². The number of nitrogens with one attached hydrogen (secondary N) is 1. The number of hydrogen-bond donors (Lipinski definition) is 1. The van der Waals surface area contributed by atoms with E-state index in [9.17, 15) is 4.79 Å². The maximum Gasteiger partial charge on any atom is 0.412 e. The van der Waals surface area contributed by atoms with Gasteiger partial charge in [0, 0.05) is 0 Å². The molecule has 3 nitrogen and oxygen atoms in total. The quantitative estimate of drug-likeness (QED) is 0.686. The topological polar surface area (TPSA) is 38.3 Å². The predicted octanol–water partition coefficient (Wildman–Crippen LogP) is 4.66. The highest BCUT2D eigenvalue weighted by Crippen LogP contribution is 2.15. The van der Waals surface area contributed by atoms with E-state index < -0.39 is 0 Å². The minimum Gasteiger partial charge on any atom is -0.449 e. The second-order valence-corrected chi connectivity index (χ2v) is 4.95. The Kier molecular flexibility index (Phi) is 7.47. The van der Waals surface area contributed by atoms with E-state index in [0.717, 1.165) is 17.8 Å². The van der Waals surface area contributed by atoms with Crippen molar-refractivity contribution in [3.05, 3.63) is 17.5 Å². The van der Waals surface area contributed by atoms with Crippen molar-refractivity contribution in [1.29, 1.82) is 0 Å². The molecule has 0 spiro atoms. The molecule has 0 fully saturated rings. The lowest BCUT2D eigenvalue weighted by molar-refractivity contribution is 0.159. The van der Waals surface area contributed by atoms with E-state index in [1.807, 2.05) is 17.5 Å². The first-order valence-corrected chi connectivity index (χ1v) is 7.18. The van der Waals surface area contributed by atoms with Crippen molar-refractivity contribution >= 4 is 22.4 Å². The van der Waals surface area contributed by atoms with Crippen LogP contribution in [0.1, 0.15) is 45.4 Å². The summed E-state index contributed by atoms with van der Waals surface area (Å²) in [4.78, 5) is 11.3. The second kappa shape index (κ2) is 9.05. The van der Waals surface area contributed by atoms with E-state index in [4.69, 9.17) is 4.74 Å². The van der Waals surface area contributed by atoms with Gasteiger partial charge >= 0.3 is 6.09 Å². The average Bonchev–Trinajstić information content (AvgIpc) is 2.80. The lowest BCUT2D eigenvalue weighted by atomic mass is 10.1. The number of amides is 1. The molecule has 0 aliphatic heterocycles. The first-order chi connectivity index (χ1) is 8.33. The van der Waals surface area contributed by atoms with E-state index in [1.54, 1.807) is 0 Å². The average molecular weight is 255 g/mol. The first-order valence-electron chi connectivity index (χ1n) is 6.30. The van der Waals surface area contributed by atoms with Crippen LogP contribution in [-0.4, -0.2) is 12.7 Å². The zero-order valence-electron chi connectivity index (χ0n) is 10.4. The van der Waals surface area contributed by atoms with Gasteiger partial charge in [0.05, 0.1) is 11.6 Å². The molecule has 1 aromatic rings. The van der Waals surface area contributed by atoms with Crippen LogP contribution in [-0.2, 0) is 4.74 Å². The van der Waals surface area contributed by atoms with E-state index in [2.05, 4.69) is 12.2 Å². The molecular formula is C13H21NO2S. The Labute approximate surface area is 107 Å². The maximum atomic E-state index is 11.3. The van der Waals surface area contributed by atoms with E-state index >= 15 is 0 Å². The van der Waals surface area contributed by atoms with Crippen molar-refractivity contribution < 1.29 is 9.53 Å². The molecule has 4 heteroatoms. The fraction of sp³-hybridized carbons (Fsp3) is 0.615. The van der Waals surface area contributed by atoms with Crippen LogP contribution in [0.3, 0.4) is 0 Å². The van der Waals surface area contributed by atoms with Gasteiger partial charge in [0.2, 0.25) is 0 Å². The largest absolute Gasteiger partial charge is 0.449 e. The van der Waals surface area contributed by atoms with Crippen LogP contribution in [0, 0.1) is 0 Å². The van der Waals surface area contributed by atoms with Crippen LogP contribution in [0.15, 0.2) is 17.5 Å². The summed E-state index contributed by atoms with van der Waals surface area (Å²) >= 11 is 1.49. The fourth-order valence-corrected chi connectivity index (χ4v) is 2.14. The Hall–Kier alpha value is -1.03. The van der Waals surface area contributed by atoms with Crippen LogP contribution in [0.2, 0.25) is 0 Å². The summed E-state index contributed by atoms with van der Waals surface area (Å²) in [6.07, 6.45) is 6.86. The molecule has 0 aliphatic carbocycles. The number of rotatable bonds is 8. The van der Waals surface area contributed by atoms with Crippen molar-refractivity contribution in [2.45, 2.75) is 45.4 Å². The molecule has 0 unspecified atom stereocenters. The summed E-state index contributed by atoms with van der Waals surface area (Å²) < 4.78 is 5.08. The Morgan fingerprint density at radius 3 is 2.76 bits per heavy atom. The van der Waals surface area contributed by atoms with Crippen molar-refractivity contribution in [1.82, 2.24) is 0 Å². The minimum absolute atomic E-state index is 0.346. The van der Waals surface area contributed by atoms with Crippen LogP contribution in [0.5, 0.6) is 0 Å². The Balaban J connectivity index is 1.94. The monoisotopic (exact) mass is 255 g/mol. The molecule has 1 N–H and O–H groups in total. The number of ether oxygens (including phenoxy) is 1. The molecule has 0 saturated heterocycles. The smallest absolute Gasteiger partial charge is 0.412 e. The normalized spacial score (nSPS) is 10.2. The third kappa shape index (κ3) is 7.00. The van der Waals surface area contributed by atoms with E-state index in [1.165, 1.54) is 37.0 Å². The number of carbonyl (C=O) groups excluding carboxylic acids is 1. The van der Waals surface area contributed by atoms with Gasteiger partial charge in [0.1, 0.15) is 0 Å². The Bertz CT molecular complexity index is 298. The van der Waals surface area contributed by atoms with Crippen molar-refractivity contribution in [2.24, 2.45) is 0 Å². The molecule has 0 radical (unpaired) electrons. The van der Waals surface area contributed by atoms with E-state index in [0.29, 0.717) is 6.61 Å². The van der Waals surface area contributed by atoms with Gasteiger partial charge in [-0.15, -0.1) is 11.3 Å². The lowest BCUT2D eigenvalue weighted by Crippen LogP contribution is -2.13. The summed E-state index contributed by atoms with van der Waals surface area (Å²) in [5.74, 6) is 0. The van der Waals surface area contributed by atoms with Crippen LogP contribution >= 0.6 is 11.3 Å². The molecule has 1 rings (SSSR count). The summed E-state index contributed by atoms with van der Waals surface area (Å²) in [5.41, 5.74) is 0. The summed E-state index contributed by atoms with van der Waals surface area (Å²) in [5, 5.41) is 5.44. The highest BCUT2D eigenvalue weighted by molar-refractivity contribution is 7.14. The fourth-order valence-electron chi connectivity index (χ4n) is 1.53. The summed E-state index contributed by atoms with van der Waals surface area (Å²) in [7, 11) is 0. The van der Waals surface area contributed by atoms with Crippen LogP contribution in [0.4, 0.5) is 9.80 Å². The number of anilines is 1. The highest BCUT2D eigenvalue weighted by Gasteiger charge is 2.02. The summed E-state index contributed by atoms with van der Waals surface area (Å²) in [6.45, 7) is 2.72. The molecule has 0 aliphatic rings. The number of carbonyl (C=O) groups is 1. The third-order valence-corrected chi connectivity index (χ3v) is 3.26. The highest BCUT2D eigenvalue weighted by atomic mass is 32.1. The predicted molar refractivity (Wildman–Crippen MR) is 72.7 cm³/mol. The Morgan fingerprint density at radius 2 is 2.06 bits per heavy atom. The zero-order valence-corrected chi connectivity index (χ0v) is 11.2. The number of thiophene rings is 1. The summed E-state index contributed by atoms with van der Waals surface area (Å²) in [6, 6.07) is 3.75. The van der Waals surface area contributed by atoms with Crippen molar-refractivity contribution in [3.63, 3.8) is 0 Å². The molecule has 0 aromatic carbocycles. The molecule has 1 amide bonds. The molecule has 0 saturated carbocycles. The van der Waals surface area contributed by atoms with Gasteiger partial charge in [-0.25, -0.2) is 4.79 Å². The second-order valence-electron chi connectivity index (χ2n) is 4.01. The molecule has 1 aromatic heterocycles. The molecule has 96 valence electrons. The van der Waals surface area contributed by atoms with Crippen molar-refractivity contribution in [3.8, 4) is 0 Å². The molecule has 0 bridgehead atoms. The van der Waals surface area contributed by atoms with Gasteiger partial charge in [0.15, 0.2) is 0 Å². The van der Waals surface area contributed by atoms with Gasteiger partial charge in [-0.05, 0) is 23.9 Å². The lowest BCUT2D eigenvalue weighted by Gasteiger charge is -2.05. The van der Waals surface area contributed by atoms with Gasteiger partial charge in [-0.2, -0.15) is 0 Å². The van der Waals surface area contributed by atoms with Gasteiger partial charge in [-0.1, -0.05) is 39.0 Å². The zero-order chi connectivity index (χ0) is 12.3. The Morgan fingerprint density at radius 1 is 1.29 bits per heavy atom. The molecule has 0 atom stereocenters. The van der Waals surface area contributed by atoms with Gasteiger partial charge in [0.25, 0.3) is 0 Å². The minimum atomic E-state index is -0.346. The molecule has 1 heterocycles.